The molecule has 1 N–H and O–H groups in total. The van der Waals surface area contributed by atoms with Crippen LogP contribution in [0.15, 0.2) is 48.5 Å². The minimum atomic E-state index is -0.794. The van der Waals surface area contributed by atoms with Gasteiger partial charge in [0.05, 0.1) is 14.2 Å². The van der Waals surface area contributed by atoms with Gasteiger partial charge < -0.3 is 19.3 Å². The highest BCUT2D eigenvalue weighted by molar-refractivity contribution is 5.44. The summed E-state index contributed by atoms with van der Waals surface area (Å²) < 4.78 is 15.9. The first-order chi connectivity index (χ1) is 10.2. The molecule has 2 unspecified atom stereocenters. The van der Waals surface area contributed by atoms with Crippen molar-refractivity contribution in [2.24, 2.45) is 0 Å². The van der Waals surface area contributed by atoms with Gasteiger partial charge in [-0.3, -0.25) is 0 Å². The van der Waals surface area contributed by atoms with E-state index in [0.717, 1.165) is 5.56 Å². The first kappa shape index (κ1) is 15.4. The average Bonchev–Trinajstić information content (AvgIpc) is 2.55. The summed E-state index contributed by atoms with van der Waals surface area (Å²) in [5.41, 5.74) is 1.63. The molecule has 2 aromatic carbocycles. The van der Waals surface area contributed by atoms with Crippen LogP contribution in [0, 0.1) is 0 Å². The number of hydrogen-bond acceptors (Lipinski definition) is 4. The average molecular weight is 288 g/mol. The zero-order valence-corrected chi connectivity index (χ0v) is 12.4. The zero-order chi connectivity index (χ0) is 15.2. The van der Waals surface area contributed by atoms with E-state index in [0.29, 0.717) is 17.1 Å². The highest BCUT2D eigenvalue weighted by Gasteiger charge is 2.23. The zero-order valence-electron chi connectivity index (χ0n) is 12.4. The molecule has 21 heavy (non-hydrogen) atoms. The number of rotatable bonds is 6. The normalized spacial score (nSPS) is 13.5. The minimum Gasteiger partial charge on any atom is -0.493 e. The lowest BCUT2D eigenvalue weighted by Crippen LogP contribution is -2.13. The van der Waals surface area contributed by atoms with Crippen molar-refractivity contribution < 1.29 is 19.3 Å². The van der Waals surface area contributed by atoms with Crippen LogP contribution in [0.25, 0.3) is 0 Å². The van der Waals surface area contributed by atoms with Crippen LogP contribution in [0.4, 0.5) is 0 Å². The Kier molecular flexibility index (Phi) is 5.20. The second-order valence-electron chi connectivity index (χ2n) is 4.63. The van der Waals surface area contributed by atoms with Crippen LogP contribution in [0.5, 0.6) is 11.5 Å². The van der Waals surface area contributed by atoms with E-state index in [-0.39, 0.29) is 0 Å². The highest BCUT2D eigenvalue weighted by Crippen LogP contribution is 2.36. The smallest absolute Gasteiger partial charge is 0.161 e. The third kappa shape index (κ3) is 3.35. The summed E-state index contributed by atoms with van der Waals surface area (Å²) in [5.74, 6) is 1.21. The van der Waals surface area contributed by atoms with Crippen LogP contribution in [0.3, 0.4) is 0 Å². The van der Waals surface area contributed by atoms with E-state index in [1.807, 2.05) is 30.3 Å². The highest BCUT2D eigenvalue weighted by atomic mass is 16.5. The van der Waals surface area contributed by atoms with Gasteiger partial charge in [-0.25, -0.2) is 0 Å². The van der Waals surface area contributed by atoms with E-state index in [1.165, 1.54) is 0 Å². The van der Waals surface area contributed by atoms with Gasteiger partial charge in [-0.05, 0) is 23.3 Å². The number of benzene rings is 2. The van der Waals surface area contributed by atoms with Gasteiger partial charge in [0.15, 0.2) is 11.5 Å². The Balaban J connectivity index is 2.31. The Morgan fingerprint density at radius 2 is 1.48 bits per heavy atom. The summed E-state index contributed by atoms with van der Waals surface area (Å²) in [6.07, 6.45) is -1.23. The summed E-state index contributed by atoms with van der Waals surface area (Å²) in [5, 5.41) is 10.6. The first-order valence-electron chi connectivity index (χ1n) is 6.69. The lowest BCUT2D eigenvalue weighted by atomic mass is 9.98. The summed E-state index contributed by atoms with van der Waals surface area (Å²) in [4.78, 5) is 0. The second kappa shape index (κ2) is 7.11. The molecule has 0 heterocycles. The molecule has 0 spiro atoms. The van der Waals surface area contributed by atoms with Gasteiger partial charge in [0.1, 0.15) is 12.2 Å². The molecule has 0 radical (unpaired) electrons. The van der Waals surface area contributed by atoms with Crippen molar-refractivity contribution in [3.63, 3.8) is 0 Å². The van der Waals surface area contributed by atoms with Gasteiger partial charge in [0, 0.05) is 7.11 Å². The maximum atomic E-state index is 10.6. The van der Waals surface area contributed by atoms with Crippen molar-refractivity contribution in [1.82, 2.24) is 0 Å². The van der Waals surface area contributed by atoms with E-state index < -0.39 is 12.2 Å². The molecule has 0 saturated heterocycles. The Labute approximate surface area is 124 Å². The van der Waals surface area contributed by atoms with Crippen LogP contribution in [0.1, 0.15) is 23.3 Å². The van der Waals surface area contributed by atoms with Gasteiger partial charge >= 0.3 is 0 Å². The Morgan fingerprint density at radius 1 is 0.810 bits per heavy atom. The Bertz CT molecular complexity index is 568. The number of aliphatic hydroxyl groups is 1. The summed E-state index contributed by atoms with van der Waals surface area (Å²) >= 11 is 0. The summed E-state index contributed by atoms with van der Waals surface area (Å²) in [6, 6.07) is 15.0. The number of methoxy groups -OCH3 is 3. The molecular weight excluding hydrogens is 268 g/mol. The van der Waals surface area contributed by atoms with Crippen LogP contribution in [-0.4, -0.2) is 26.4 Å². The fraction of sp³-hybridized carbons (Fsp3) is 0.294. The molecule has 2 atom stereocenters. The molecular formula is C17H20O4. The van der Waals surface area contributed by atoms with Crippen molar-refractivity contribution in [3.8, 4) is 11.5 Å². The third-order valence-corrected chi connectivity index (χ3v) is 3.42. The van der Waals surface area contributed by atoms with Crippen LogP contribution < -0.4 is 9.47 Å². The molecule has 0 aliphatic carbocycles. The molecule has 4 nitrogen and oxygen atoms in total. The standard InChI is InChI=1S/C17H20O4/c1-19-14-10-9-13(11-15(14)20-2)16(18)17(21-3)12-7-5-4-6-8-12/h4-11,16-18H,1-3H3. The molecule has 0 aliphatic heterocycles. The number of ether oxygens (including phenoxy) is 3. The predicted molar refractivity (Wildman–Crippen MR) is 80.7 cm³/mol. The van der Waals surface area contributed by atoms with Gasteiger partial charge in [0.2, 0.25) is 0 Å². The largest absolute Gasteiger partial charge is 0.493 e. The van der Waals surface area contributed by atoms with E-state index in [9.17, 15) is 5.11 Å². The van der Waals surface area contributed by atoms with Crippen LogP contribution in [0.2, 0.25) is 0 Å². The van der Waals surface area contributed by atoms with E-state index in [4.69, 9.17) is 14.2 Å². The summed E-state index contributed by atoms with van der Waals surface area (Å²) in [6.45, 7) is 0. The molecule has 112 valence electrons. The van der Waals surface area contributed by atoms with Gasteiger partial charge in [-0.1, -0.05) is 36.4 Å². The first-order valence-corrected chi connectivity index (χ1v) is 6.69. The fourth-order valence-electron chi connectivity index (χ4n) is 2.30. The predicted octanol–water partition coefficient (Wildman–Crippen LogP) is 3.12. The van der Waals surface area contributed by atoms with E-state index >= 15 is 0 Å². The van der Waals surface area contributed by atoms with Gasteiger partial charge in [-0.15, -0.1) is 0 Å². The van der Waals surface area contributed by atoms with Crippen molar-refractivity contribution in [1.29, 1.82) is 0 Å². The minimum absolute atomic E-state index is 0.440. The Hall–Kier alpha value is -2.04. The molecule has 2 rings (SSSR count). The van der Waals surface area contributed by atoms with Crippen molar-refractivity contribution in [2.45, 2.75) is 12.2 Å². The third-order valence-electron chi connectivity index (χ3n) is 3.42. The molecule has 0 saturated carbocycles. The molecule has 0 aliphatic rings. The maximum absolute atomic E-state index is 10.6. The Morgan fingerprint density at radius 3 is 2.05 bits per heavy atom. The monoisotopic (exact) mass is 288 g/mol. The maximum Gasteiger partial charge on any atom is 0.161 e. The van der Waals surface area contributed by atoms with Crippen LogP contribution >= 0.6 is 0 Å². The lowest BCUT2D eigenvalue weighted by Gasteiger charge is -2.23. The van der Waals surface area contributed by atoms with Crippen LogP contribution in [-0.2, 0) is 4.74 Å². The van der Waals surface area contributed by atoms with Crippen molar-refractivity contribution in [3.05, 3.63) is 59.7 Å². The molecule has 4 heteroatoms. The molecule has 0 aromatic heterocycles. The van der Waals surface area contributed by atoms with E-state index in [2.05, 4.69) is 0 Å². The fourth-order valence-corrected chi connectivity index (χ4v) is 2.30. The molecule has 2 aromatic rings. The van der Waals surface area contributed by atoms with Crippen molar-refractivity contribution in [2.75, 3.05) is 21.3 Å². The molecule has 0 fully saturated rings. The number of aliphatic hydroxyl groups excluding tert-OH is 1. The lowest BCUT2D eigenvalue weighted by molar-refractivity contribution is -0.0150. The van der Waals surface area contributed by atoms with E-state index in [1.54, 1.807) is 39.5 Å². The molecule has 0 amide bonds. The van der Waals surface area contributed by atoms with Gasteiger partial charge in [0.25, 0.3) is 0 Å². The summed E-state index contributed by atoms with van der Waals surface area (Å²) in [7, 11) is 4.73. The topological polar surface area (TPSA) is 47.9 Å². The van der Waals surface area contributed by atoms with Crippen molar-refractivity contribution >= 4 is 0 Å². The second-order valence-corrected chi connectivity index (χ2v) is 4.63. The quantitative estimate of drug-likeness (QED) is 0.887. The molecule has 0 bridgehead atoms. The van der Waals surface area contributed by atoms with Gasteiger partial charge in [-0.2, -0.15) is 0 Å². The number of hydrogen-bond donors (Lipinski definition) is 1. The SMILES string of the molecule is COc1ccc(C(O)C(OC)c2ccccc2)cc1OC.